The van der Waals surface area contributed by atoms with Crippen LogP contribution < -0.4 is 14.2 Å². The topological polar surface area (TPSA) is 74.3 Å². The second kappa shape index (κ2) is 9.73. The lowest BCUT2D eigenvalue weighted by Crippen LogP contribution is -2.34. The van der Waals surface area contributed by atoms with Gasteiger partial charge in [0.2, 0.25) is 0 Å². The van der Waals surface area contributed by atoms with Crippen molar-refractivity contribution in [1.29, 1.82) is 0 Å². The molecule has 0 bridgehead atoms. The molecule has 0 N–H and O–H groups in total. The Labute approximate surface area is 181 Å². The Morgan fingerprint density at radius 1 is 1.10 bits per heavy atom. The minimum atomic E-state index is -0.447. The molecule has 0 saturated carbocycles. The van der Waals surface area contributed by atoms with Crippen molar-refractivity contribution in [3.63, 3.8) is 0 Å². The number of likely N-dealkylation sites (tertiary alicyclic amines) is 1. The average Bonchev–Trinajstić information content (AvgIpc) is 3.28. The first-order valence-corrected chi connectivity index (χ1v) is 10.6. The van der Waals surface area contributed by atoms with E-state index in [9.17, 15) is 9.59 Å². The van der Waals surface area contributed by atoms with Gasteiger partial charge in [-0.25, -0.2) is 0 Å². The Morgan fingerprint density at radius 2 is 1.90 bits per heavy atom. The van der Waals surface area contributed by atoms with Crippen molar-refractivity contribution in [2.24, 2.45) is 0 Å². The largest absolute Gasteiger partial charge is 0.493 e. The normalized spacial score (nSPS) is 17.3. The molecule has 0 spiro atoms. The Morgan fingerprint density at radius 3 is 2.74 bits per heavy atom. The van der Waals surface area contributed by atoms with Gasteiger partial charge in [-0.05, 0) is 49.1 Å². The second-order valence-electron chi connectivity index (χ2n) is 7.67. The van der Waals surface area contributed by atoms with Crippen molar-refractivity contribution < 1.29 is 28.5 Å². The summed E-state index contributed by atoms with van der Waals surface area (Å²) in [5, 5.41) is 0. The predicted octanol–water partition coefficient (Wildman–Crippen LogP) is 3.44. The van der Waals surface area contributed by atoms with E-state index in [4.69, 9.17) is 18.9 Å². The molecule has 1 saturated heterocycles. The first-order chi connectivity index (χ1) is 15.1. The number of fused-ring (bicyclic) bond motifs is 1. The molecule has 2 aliphatic rings. The summed E-state index contributed by atoms with van der Waals surface area (Å²) in [6, 6.07) is 13.4. The molecule has 2 heterocycles. The van der Waals surface area contributed by atoms with E-state index in [0.717, 1.165) is 35.5 Å². The standard InChI is InChI=1S/C24H27NO6/c1-17-5-2-3-7-20(17)28-12-10-24(27)31-16-23(26)25-11-4-6-19(25)18-8-9-21-22(15-18)30-14-13-29-21/h2-3,5,7-9,15,19H,4,6,10-14,16H2,1H3. The molecule has 1 atom stereocenters. The van der Waals surface area contributed by atoms with E-state index in [2.05, 4.69) is 0 Å². The fourth-order valence-corrected chi connectivity index (χ4v) is 3.94. The van der Waals surface area contributed by atoms with Crippen molar-refractivity contribution in [3.8, 4) is 17.2 Å². The van der Waals surface area contributed by atoms with E-state index in [0.29, 0.717) is 25.5 Å². The lowest BCUT2D eigenvalue weighted by Gasteiger charge is -2.26. The third-order valence-corrected chi connectivity index (χ3v) is 5.54. The van der Waals surface area contributed by atoms with Crippen LogP contribution in [-0.4, -0.2) is 49.7 Å². The highest BCUT2D eigenvalue weighted by Crippen LogP contribution is 2.38. The number of esters is 1. The monoisotopic (exact) mass is 425 g/mol. The molecule has 2 aliphatic heterocycles. The number of carbonyl (C=O) groups is 2. The Hall–Kier alpha value is -3.22. The molecule has 31 heavy (non-hydrogen) atoms. The average molecular weight is 425 g/mol. The quantitative estimate of drug-likeness (QED) is 0.633. The van der Waals surface area contributed by atoms with E-state index in [-0.39, 0.29) is 31.6 Å². The van der Waals surface area contributed by atoms with E-state index in [1.54, 1.807) is 4.90 Å². The van der Waals surface area contributed by atoms with Crippen LogP contribution in [0.15, 0.2) is 42.5 Å². The fraction of sp³-hybridized carbons (Fsp3) is 0.417. The number of ether oxygens (including phenoxy) is 4. The summed E-state index contributed by atoms with van der Waals surface area (Å²) in [5.41, 5.74) is 2.01. The summed E-state index contributed by atoms with van der Waals surface area (Å²) in [4.78, 5) is 26.6. The molecule has 1 amide bonds. The summed E-state index contributed by atoms with van der Waals surface area (Å²) >= 11 is 0. The lowest BCUT2D eigenvalue weighted by atomic mass is 10.0. The minimum absolute atomic E-state index is 0.0496. The smallest absolute Gasteiger partial charge is 0.309 e. The van der Waals surface area contributed by atoms with E-state index < -0.39 is 5.97 Å². The van der Waals surface area contributed by atoms with E-state index >= 15 is 0 Å². The molecular formula is C24H27NO6. The molecular weight excluding hydrogens is 398 g/mol. The molecule has 4 rings (SSSR count). The second-order valence-corrected chi connectivity index (χ2v) is 7.67. The van der Waals surface area contributed by atoms with Gasteiger partial charge in [0, 0.05) is 6.54 Å². The van der Waals surface area contributed by atoms with Gasteiger partial charge in [0.05, 0.1) is 19.1 Å². The highest BCUT2D eigenvalue weighted by atomic mass is 16.6. The SMILES string of the molecule is Cc1ccccc1OCCC(=O)OCC(=O)N1CCCC1c1ccc2c(c1)OCCO2. The number of hydrogen-bond donors (Lipinski definition) is 0. The van der Waals surface area contributed by atoms with Crippen LogP contribution in [0.2, 0.25) is 0 Å². The van der Waals surface area contributed by atoms with Crippen molar-refractivity contribution in [1.82, 2.24) is 4.90 Å². The Balaban J connectivity index is 1.27. The summed E-state index contributed by atoms with van der Waals surface area (Å²) in [7, 11) is 0. The number of hydrogen-bond acceptors (Lipinski definition) is 6. The fourth-order valence-electron chi connectivity index (χ4n) is 3.94. The van der Waals surface area contributed by atoms with Crippen molar-refractivity contribution >= 4 is 11.9 Å². The van der Waals surface area contributed by atoms with Crippen molar-refractivity contribution in [2.75, 3.05) is 33.0 Å². The van der Waals surface area contributed by atoms with Crippen LogP contribution in [0, 0.1) is 6.92 Å². The molecule has 164 valence electrons. The molecule has 7 nitrogen and oxygen atoms in total. The number of amides is 1. The van der Waals surface area contributed by atoms with Crippen LogP contribution in [0.1, 0.15) is 36.4 Å². The molecule has 0 aliphatic carbocycles. The van der Waals surface area contributed by atoms with Crippen molar-refractivity contribution in [3.05, 3.63) is 53.6 Å². The summed E-state index contributed by atoms with van der Waals surface area (Å²) in [6.45, 7) is 3.60. The molecule has 0 aromatic heterocycles. The molecule has 1 unspecified atom stereocenters. The third kappa shape index (κ3) is 5.10. The first-order valence-electron chi connectivity index (χ1n) is 10.6. The molecule has 2 aromatic carbocycles. The maximum Gasteiger partial charge on any atom is 0.309 e. The zero-order valence-corrected chi connectivity index (χ0v) is 17.7. The zero-order chi connectivity index (χ0) is 21.6. The van der Waals surface area contributed by atoms with Gasteiger partial charge < -0.3 is 23.8 Å². The molecule has 7 heteroatoms. The number of nitrogens with zero attached hydrogens (tertiary/aromatic N) is 1. The van der Waals surface area contributed by atoms with Crippen LogP contribution >= 0.6 is 0 Å². The number of benzene rings is 2. The minimum Gasteiger partial charge on any atom is -0.493 e. The molecule has 0 radical (unpaired) electrons. The van der Waals surface area contributed by atoms with Crippen LogP contribution in [0.5, 0.6) is 17.2 Å². The number of rotatable bonds is 7. The Kier molecular flexibility index (Phi) is 6.60. The maximum atomic E-state index is 12.7. The van der Waals surface area contributed by atoms with Gasteiger partial charge in [0.25, 0.3) is 5.91 Å². The van der Waals surface area contributed by atoms with Gasteiger partial charge in [-0.15, -0.1) is 0 Å². The highest BCUT2D eigenvalue weighted by Gasteiger charge is 2.31. The van der Waals surface area contributed by atoms with Gasteiger partial charge in [-0.2, -0.15) is 0 Å². The van der Waals surface area contributed by atoms with Crippen molar-refractivity contribution in [2.45, 2.75) is 32.2 Å². The van der Waals surface area contributed by atoms with Crippen LogP contribution in [0.4, 0.5) is 0 Å². The van der Waals surface area contributed by atoms with Gasteiger partial charge in [-0.3, -0.25) is 9.59 Å². The van der Waals surface area contributed by atoms with Gasteiger partial charge >= 0.3 is 5.97 Å². The number of aryl methyl sites for hydroxylation is 1. The summed E-state index contributed by atoms with van der Waals surface area (Å²) < 4.78 is 22.1. The highest BCUT2D eigenvalue weighted by molar-refractivity contribution is 5.81. The van der Waals surface area contributed by atoms with Gasteiger partial charge in [-0.1, -0.05) is 24.3 Å². The summed E-state index contributed by atoms with van der Waals surface area (Å²) in [6.07, 6.45) is 1.86. The number of para-hydroxylation sites is 1. The van der Waals surface area contributed by atoms with Gasteiger partial charge in [0.15, 0.2) is 18.1 Å². The van der Waals surface area contributed by atoms with Gasteiger partial charge in [0.1, 0.15) is 19.0 Å². The predicted molar refractivity (Wildman–Crippen MR) is 113 cm³/mol. The van der Waals surface area contributed by atoms with Crippen LogP contribution in [0.25, 0.3) is 0 Å². The lowest BCUT2D eigenvalue weighted by molar-refractivity contribution is -0.152. The molecule has 2 aromatic rings. The van der Waals surface area contributed by atoms with Crippen LogP contribution in [0.3, 0.4) is 0 Å². The maximum absolute atomic E-state index is 12.7. The first kappa shape index (κ1) is 21.0. The Bertz CT molecular complexity index is 943. The zero-order valence-electron chi connectivity index (χ0n) is 17.7. The molecule has 1 fully saturated rings. The number of carbonyl (C=O) groups excluding carboxylic acids is 2. The van der Waals surface area contributed by atoms with Crippen LogP contribution in [-0.2, 0) is 14.3 Å². The summed E-state index contributed by atoms with van der Waals surface area (Å²) in [5.74, 6) is 1.55. The van der Waals surface area contributed by atoms with E-state index in [1.165, 1.54) is 0 Å². The van der Waals surface area contributed by atoms with E-state index in [1.807, 2.05) is 49.4 Å². The third-order valence-electron chi connectivity index (χ3n) is 5.54.